The number of ether oxygens (including phenoxy) is 1. The Morgan fingerprint density at radius 1 is 0.592 bits per heavy atom. The largest absolute Gasteiger partial charge is 0.469 e. The van der Waals surface area contributed by atoms with E-state index in [1.54, 1.807) is 27.7 Å². The number of rotatable bonds is 23. The molecule has 7 N–H and O–H groups in total. The first-order valence-electron chi connectivity index (χ1n) is 17.7. The normalized spacial score (nSPS) is 15.9. The maximum Gasteiger partial charge on any atom is 0.308 e. The van der Waals surface area contributed by atoms with Gasteiger partial charge in [-0.3, -0.25) is 28.8 Å². The van der Waals surface area contributed by atoms with Gasteiger partial charge in [0, 0.05) is 6.42 Å². The lowest BCUT2D eigenvalue weighted by molar-refractivity contribution is -0.144. The summed E-state index contributed by atoms with van der Waals surface area (Å²) < 4.78 is 4.62. The molecule has 7 atom stereocenters. The lowest BCUT2D eigenvalue weighted by Gasteiger charge is -2.31. The summed E-state index contributed by atoms with van der Waals surface area (Å²) in [4.78, 5) is 76.7. The van der Waals surface area contributed by atoms with Gasteiger partial charge in [-0.15, -0.1) is 0 Å². The third-order valence-electron chi connectivity index (χ3n) is 8.07. The van der Waals surface area contributed by atoms with Crippen molar-refractivity contribution in [1.29, 1.82) is 0 Å². The summed E-state index contributed by atoms with van der Waals surface area (Å²) in [5.41, 5.74) is 0. The Morgan fingerprint density at radius 2 is 1.04 bits per heavy atom. The van der Waals surface area contributed by atoms with E-state index in [9.17, 15) is 39.0 Å². The number of hydrogen-bond acceptors (Lipinski definition) is 9. The highest BCUT2D eigenvalue weighted by Crippen LogP contribution is 2.15. The average Bonchev–Trinajstić information content (AvgIpc) is 2.99. The van der Waals surface area contributed by atoms with Crippen LogP contribution in [0.5, 0.6) is 0 Å². The van der Waals surface area contributed by atoms with E-state index in [0.29, 0.717) is 25.7 Å². The topological polar surface area (TPSA) is 212 Å². The van der Waals surface area contributed by atoms with Crippen LogP contribution in [0.15, 0.2) is 0 Å². The molecule has 284 valence electrons. The van der Waals surface area contributed by atoms with E-state index in [1.165, 1.54) is 14.0 Å². The monoisotopic (exact) mass is 699 g/mol. The SMILES string of the molecule is CCCCC(=O)NC(C(=O)NC(C(=O)NC(CC(C)C)C(O)CC(=O)NC(C)C(=O)NC(CC(C)C)C(O)CC(=O)OC)C(C)C)C(C)C. The third-order valence-corrected chi connectivity index (χ3v) is 8.07. The molecule has 14 nitrogen and oxygen atoms in total. The molecule has 0 aliphatic carbocycles. The van der Waals surface area contributed by atoms with Gasteiger partial charge in [0.2, 0.25) is 29.5 Å². The van der Waals surface area contributed by atoms with Gasteiger partial charge in [0.25, 0.3) is 0 Å². The maximum atomic E-state index is 13.5. The molecule has 0 heterocycles. The number of aliphatic hydroxyl groups is 2. The first-order chi connectivity index (χ1) is 22.7. The number of esters is 1. The number of aliphatic hydroxyl groups excluding tert-OH is 2. The molecule has 0 radical (unpaired) electrons. The Labute approximate surface area is 293 Å². The second kappa shape index (κ2) is 23.2. The van der Waals surface area contributed by atoms with Crippen molar-refractivity contribution in [3.05, 3.63) is 0 Å². The minimum absolute atomic E-state index is 0.0257. The van der Waals surface area contributed by atoms with Crippen molar-refractivity contribution in [2.24, 2.45) is 23.7 Å². The molecule has 0 aromatic rings. The predicted octanol–water partition coefficient (Wildman–Crippen LogP) is 1.70. The van der Waals surface area contributed by atoms with Gasteiger partial charge < -0.3 is 41.5 Å². The standard InChI is InChI=1S/C35H65N5O9/c1-12-13-14-28(43)39-31(21(6)7)35(48)40-32(22(8)9)34(47)38-24(15-19(2)3)26(41)17-29(44)36-23(10)33(46)37-25(16-20(4)5)27(42)18-30(45)49-11/h19-27,31-32,41-42H,12-18H2,1-11H3,(H,36,44)(H,37,46)(H,38,47)(H,39,43)(H,40,48). The minimum Gasteiger partial charge on any atom is -0.469 e. The van der Waals surface area contributed by atoms with Crippen LogP contribution in [-0.4, -0.2) is 95.2 Å². The Bertz CT molecular complexity index is 1070. The molecular weight excluding hydrogens is 634 g/mol. The van der Waals surface area contributed by atoms with Crippen LogP contribution >= 0.6 is 0 Å². The van der Waals surface area contributed by atoms with Gasteiger partial charge in [0.15, 0.2) is 0 Å². The summed E-state index contributed by atoms with van der Waals surface area (Å²) in [5, 5.41) is 35.2. The molecule has 0 spiro atoms. The number of amides is 5. The summed E-state index contributed by atoms with van der Waals surface area (Å²) in [6, 6.07) is -4.46. The van der Waals surface area contributed by atoms with Crippen LogP contribution in [0.1, 0.15) is 114 Å². The zero-order valence-corrected chi connectivity index (χ0v) is 31.6. The smallest absolute Gasteiger partial charge is 0.308 e. The average molecular weight is 700 g/mol. The predicted molar refractivity (Wildman–Crippen MR) is 187 cm³/mol. The molecule has 0 aromatic heterocycles. The first-order valence-corrected chi connectivity index (χ1v) is 17.7. The second-order valence-corrected chi connectivity index (χ2v) is 14.5. The van der Waals surface area contributed by atoms with Crippen LogP contribution in [0.3, 0.4) is 0 Å². The lowest BCUT2D eigenvalue weighted by atomic mass is 9.95. The molecular formula is C35H65N5O9. The summed E-state index contributed by atoms with van der Waals surface area (Å²) in [6.07, 6.45) is -0.704. The number of methoxy groups -OCH3 is 1. The van der Waals surface area contributed by atoms with Crippen LogP contribution < -0.4 is 26.6 Å². The molecule has 7 unspecified atom stereocenters. The Hall–Kier alpha value is -3.26. The second-order valence-electron chi connectivity index (χ2n) is 14.5. The van der Waals surface area contributed by atoms with Gasteiger partial charge in [0.05, 0.1) is 44.2 Å². The van der Waals surface area contributed by atoms with Crippen LogP contribution in [-0.2, 0) is 33.5 Å². The number of hydrogen-bond donors (Lipinski definition) is 7. The van der Waals surface area contributed by atoms with Crippen molar-refractivity contribution in [1.82, 2.24) is 26.6 Å². The van der Waals surface area contributed by atoms with E-state index in [4.69, 9.17) is 0 Å². The lowest BCUT2D eigenvalue weighted by Crippen LogP contribution is -2.59. The molecule has 14 heteroatoms. The number of nitrogens with one attached hydrogen (secondary N) is 5. The molecule has 0 aromatic carbocycles. The zero-order valence-electron chi connectivity index (χ0n) is 31.6. The van der Waals surface area contributed by atoms with Crippen LogP contribution in [0.25, 0.3) is 0 Å². The molecule has 0 fully saturated rings. The highest BCUT2D eigenvalue weighted by molar-refractivity contribution is 5.92. The van der Waals surface area contributed by atoms with E-state index in [2.05, 4.69) is 31.3 Å². The van der Waals surface area contributed by atoms with E-state index in [-0.39, 0.29) is 36.0 Å². The summed E-state index contributed by atoms with van der Waals surface area (Å²) >= 11 is 0. The molecule has 0 saturated heterocycles. The Kier molecular flexibility index (Phi) is 21.7. The molecule has 0 saturated carbocycles. The Morgan fingerprint density at radius 3 is 1.49 bits per heavy atom. The highest BCUT2D eigenvalue weighted by atomic mass is 16.5. The van der Waals surface area contributed by atoms with Crippen molar-refractivity contribution < 1.29 is 43.7 Å². The fraction of sp³-hybridized carbons (Fsp3) is 0.829. The van der Waals surface area contributed by atoms with Gasteiger partial charge in [-0.2, -0.15) is 0 Å². The van der Waals surface area contributed by atoms with E-state index < -0.39 is 78.4 Å². The van der Waals surface area contributed by atoms with Gasteiger partial charge >= 0.3 is 5.97 Å². The Balaban J connectivity index is 5.59. The van der Waals surface area contributed by atoms with Crippen LogP contribution in [0.4, 0.5) is 0 Å². The van der Waals surface area contributed by atoms with E-state index in [1.807, 2.05) is 34.6 Å². The highest BCUT2D eigenvalue weighted by Gasteiger charge is 2.34. The summed E-state index contributed by atoms with van der Waals surface area (Å²) in [5.74, 6) is -3.57. The molecule has 0 bridgehead atoms. The zero-order chi connectivity index (χ0) is 38.0. The van der Waals surface area contributed by atoms with Crippen molar-refractivity contribution >= 4 is 35.5 Å². The van der Waals surface area contributed by atoms with E-state index in [0.717, 1.165) is 6.42 Å². The summed E-state index contributed by atoms with van der Waals surface area (Å²) in [7, 11) is 1.20. The minimum atomic E-state index is -1.32. The fourth-order valence-corrected chi connectivity index (χ4v) is 5.21. The third kappa shape index (κ3) is 18.3. The molecule has 5 amide bonds. The molecule has 0 aliphatic heterocycles. The van der Waals surface area contributed by atoms with Crippen LogP contribution in [0, 0.1) is 23.7 Å². The maximum absolute atomic E-state index is 13.5. The van der Waals surface area contributed by atoms with Crippen molar-refractivity contribution in [2.45, 2.75) is 157 Å². The molecule has 0 rings (SSSR count). The number of unbranched alkanes of at least 4 members (excludes halogenated alkanes) is 1. The van der Waals surface area contributed by atoms with Gasteiger partial charge in [0.1, 0.15) is 18.1 Å². The van der Waals surface area contributed by atoms with Crippen molar-refractivity contribution in [2.75, 3.05) is 7.11 Å². The van der Waals surface area contributed by atoms with E-state index >= 15 is 0 Å². The quantitative estimate of drug-likeness (QED) is 0.0773. The number of carbonyl (C=O) groups is 6. The van der Waals surface area contributed by atoms with Crippen molar-refractivity contribution in [3.63, 3.8) is 0 Å². The van der Waals surface area contributed by atoms with Gasteiger partial charge in [-0.1, -0.05) is 68.7 Å². The molecule has 0 aliphatic rings. The van der Waals surface area contributed by atoms with Gasteiger partial charge in [-0.05, 0) is 49.9 Å². The summed E-state index contributed by atoms with van der Waals surface area (Å²) in [6.45, 7) is 18.2. The fourth-order valence-electron chi connectivity index (χ4n) is 5.21. The van der Waals surface area contributed by atoms with Gasteiger partial charge in [-0.25, -0.2) is 0 Å². The molecule has 49 heavy (non-hydrogen) atoms. The van der Waals surface area contributed by atoms with Crippen LogP contribution in [0.2, 0.25) is 0 Å². The number of carbonyl (C=O) groups excluding carboxylic acids is 6. The first kappa shape index (κ1) is 45.7. The van der Waals surface area contributed by atoms with Crippen molar-refractivity contribution in [3.8, 4) is 0 Å².